The molecule has 0 heterocycles. The van der Waals surface area contributed by atoms with Crippen LogP contribution in [0.25, 0.3) is 0 Å². The van der Waals surface area contributed by atoms with E-state index in [1.807, 2.05) is 0 Å². The van der Waals surface area contributed by atoms with Gasteiger partial charge in [0.1, 0.15) is 6.42 Å². The molecular weight excluding hydrogens is 298 g/mol. The summed E-state index contributed by atoms with van der Waals surface area (Å²) in [6.07, 6.45) is -4.13. The van der Waals surface area contributed by atoms with E-state index in [-0.39, 0.29) is 0 Å². The Bertz CT molecular complexity index is 160. The molecule has 0 atom stereocenters. The van der Waals surface area contributed by atoms with Gasteiger partial charge in [0, 0.05) is 6.54 Å². The first-order chi connectivity index (χ1) is 5.95. The van der Waals surface area contributed by atoms with Gasteiger partial charge in [-0.05, 0) is 17.3 Å². The number of carbonyl (C=O) groups is 1. The van der Waals surface area contributed by atoms with Crippen LogP contribution in [0.4, 0.5) is 13.2 Å². The van der Waals surface area contributed by atoms with Crippen molar-refractivity contribution in [2.24, 2.45) is 0 Å². The fraction of sp³-hybridized carbons (Fsp3) is 0.857. The van der Waals surface area contributed by atoms with Crippen molar-refractivity contribution in [3.8, 4) is 0 Å². The fourth-order valence-corrected chi connectivity index (χ4v) is 1.23. The van der Waals surface area contributed by atoms with Gasteiger partial charge < -0.3 is 5.32 Å². The van der Waals surface area contributed by atoms with Crippen LogP contribution in [0.5, 0.6) is 0 Å². The smallest absolute Gasteiger partial charge is 0.356 e. The van der Waals surface area contributed by atoms with Crippen molar-refractivity contribution in [3.63, 3.8) is 0 Å². The molecule has 0 aromatic rings. The molecule has 0 saturated carbocycles. The average molecular weight is 309 g/mol. The Morgan fingerprint density at radius 1 is 1.31 bits per heavy atom. The van der Waals surface area contributed by atoms with Crippen LogP contribution in [0, 0.1) is 0 Å². The van der Waals surface area contributed by atoms with Crippen LogP contribution in [0.1, 0.15) is 19.3 Å². The number of carbonyl (C=O) groups excluding carboxylic acids is 1. The number of rotatable bonds is 5. The van der Waals surface area contributed by atoms with Crippen molar-refractivity contribution >= 4 is 28.5 Å². The molecule has 1 amide bonds. The molecular formula is C7H11F3INO. The highest BCUT2D eigenvalue weighted by Gasteiger charge is 2.30. The van der Waals surface area contributed by atoms with Crippen LogP contribution in [0.3, 0.4) is 0 Å². The van der Waals surface area contributed by atoms with Gasteiger partial charge in [0.25, 0.3) is 0 Å². The first kappa shape index (κ1) is 13.0. The van der Waals surface area contributed by atoms with Gasteiger partial charge in [-0.3, -0.25) is 4.79 Å². The molecule has 1 N–H and O–H groups in total. The molecule has 0 saturated heterocycles. The Hall–Kier alpha value is -0.0100. The molecule has 0 aliphatic heterocycles. The van der Waals surface area contributed by atoms with E-state index >= 15 is 0 Å². The Morgan fingerprint density at radius 3 is 2.38 bits per heavy atom. The van der Waals surface area contributed by atoms with Crippen molar-refractivity contribution < 1.29 is 18.0 Å². The maximum Gasteiger partial charge on any atom is 0.397 e. The van der Waals surface area contributed by atoms with Crippen LogP contribution in [0.15, 0.2) is 0 Å². The highest BCUT2D eigenvalue weighted by atomic mass is 127. The number of unbranched alkanes of at least 4 members (excludes halogenated alkanes) is 1. The summed E-state index contributed by atoms with van der Waals surface area (Å²) in [4.78, 5) is 10.6. The molecule has 78 valence electrons. The zero-order chi connectivity index (χ0) is 10.3. The average Bonchev–Trinajstić information content (AvgIpc) is 1.94. The molecule has 6 heteroatoms. The normalized spacial score (nSPS) is 11.4. The maximum atomic E-state index is 11.6. The third kappa shape index (κ3) is 9.91. The summed E-state index contributed by atoms with van der Waals surface area (Å²) >= 11 is 2.17. The van der Waals surface area contributed by atoms with E-state index in [0.29, 0.717) is 6.54 Å². The monoisotopic (exact) mass is 309 g/mol. The second-order valence-corrected chi connectivity index (χ2v) is 3.62. The number of hydrogen-bond donors (Lipinski definition) is 1. The maximum absolute atomic E-state index is 11.6. The van der Waals surface area contributed by atoms with Crippen molar-refractivity contribution in [1.29, 1.82) is 0 Å². The molecule has 0 aliphatic carbocycles. The molecule has 0 rings (SSSR count). The van der Waals surface area contributed by atoms with Crippen LogP contribution in [0.2, 0.25) is 0 Å². The first-order valence-corrected chi connectivity index (χ1v) is 5.37. The van der Waals surface area contributed by atoms with E-state index in [2.05, 4.69) is 27.9 Å². The van der Waals surface area contributed by atoms with Crippen LogP contribution >= 0.6 is 22.6 Å². The van der Waals surface area contributed by atoms with Gasteiger partial charge >= 0.3 is 6.18 Å². The second kappa shape index (κ2) is 6.44. The lowest BCUT2D eigenvalue weighted by Gasteiger charge is -2.06. The van der Waals surface area contributed by atoms with Gasteiger partial charge in [0.05, 0.1) is 0 Å². The summed E-state index contributed by atoms with van der Waals surface area (Å²) in [5.41, 5.74) is 0. The highest BCUT2D eigenvalue weighted by molar-refractivity contribution is 14.1. The molecule has 13 heavy (non-hydrogen) atoms. The predicted molar refractivity (Wildman–Crippen MR) is 51.8 cm³/mol. The third-order valence-corrected chi connectivity index (χ3v) is 2.01. The largest absolute Gasteiger partial charge is 0.397 e. The molecule has 0 spiro atoms. The molecule has 0 fully saturated rings. The summed E-state index contributed by atoms with van der Waals surface area (Å²) < 4.78 is 35.8. The highest BCUT2D eigenvalue weighted by Crippen LogP contribution is 2.18. The van der Waals surface area contributed by atoms with E-state index in [1.54, 1.807) is 0 Å². The van der Waals surface area contributed by atoms with E-state index in [1.165, 1.54) is 0 Å². The summed E-state index contributed by atoms with van der Waals surface area (Å²) in [7, 11) is 0. The van der Waals surface area contributed by atoms with Gasteiger partial charge in [-0.25, -0.2) is 0 Å². The molecule has 0 aromatic heterocycles. The predicted octanol–water partition coefficient (Wildman–Crippen LogP) is 2.27. The van der Waals surface area contributed by atoms with Crippen LogP contribution in [-0.2, 0) is 4.79 Å². The number of amides is 1. The number of nitrogens with one attached hydrogen (secondary N) is 1. The zero-order valence-electron chi connectivity index (χ0n) is 6.96. The lowest BCUT2D eigenvalue weighted by molar-refractivity contribution is -0.153. The van der Waals surface area contributed by atoms with Gasteiger partial charge in [0.2, 0.25) is 5.91 Å². The van der Waals surface area contributed by atoms with E-state index in [0.717, 1.165) is 17.3 Å². The summed E-state index contributed by atoms with van der Waals surface area (Å²) in [5.74, 6) is -0.944. The summed E-state index contributed by atoms with van der Waals surface area (Å²) in [5, 5.41) is 2.21. The van der Waals surface area contributed by atoms with Crippen molar-refractivity contribution in [2.45, 2.75) is 25.4 Å². The summed E-state index contributed by atoms with van der Waals surface area (Å²) in [6.45, 7) is 0.331. The Kier molecular flexibility index (Phi) is 6.44. The molecule has 2 nitrogen and oxygen atoms in total. The third-order valence-electron chi connectivity index (χ3n) is 1.24. The first-order valence-electron chi connectivity index (χ1n) is 3.85. The lowest BCUT2D eigenvalue weighted by Crippen LogP contribution is -2.29. The fourth-order valence-electron chi connectivity index (χ4n) is 0.692. The van der Waals surface area contributed by atoms with E-state index < -0.39 is 18.5 Å². The van der Waals surface area contributed by atoms with Gasteiger partial charge in [0.15, 0.2) is 0 Å². The quantitative estimate of drug-likeness (QED) is 0.471. The Labute approximate surface area is 88.4 Å². The number of alkyl halides is 4. The second-order valence-electron chi connectivity index (χ2n) is 2.54. The van der Waals surface area contributed by atoms with Gasteiger partial charge in [-0.2, -0.15) is 13.2 Å². The van der Waals surface area contributed by atoms with E-state index in [9.17, 15) is 18.0 Å². The van der Waals surface area contributed by atoms with Crippen molar-refractivity contribution in [1.82, 2.24) is 5.32 Å². The van der Waals surface area contributed by atoms with Crippen molar-refractivity contribution in [3.05, 3.63) is 0 Å². The van der Waals surface area contributed by atoms with Gasteiger partial charge in [-0.1, -0.05) is 22.6 Å². The number of halogens is 4. The van der Waals surface area contributed by atoms with Crippen molar-refractivity contribution in [2.75, 3.05) is 11.0 Å². The molecule has 0 aromatic carbocycles. The Balaban J connectivity index is 3.41. The van der Waals surface area contributed by atoms with Crippen LogP contribution < -0.4 is 5.32 Å². The van der Waals surface area contributed by atoms with Gasteiger partial charge in [-0.15, -0.1) is 0 Å². The molecule has 0 unspecified atom stereocenters. The van der Waals surface area contributed by atoms with Crippen LogP contribution in [-0.4, -0.2) is 23.1 Å². The lowest BCUT2D eigenvalue weighted by atomic mass is 10.3. The minimum atomic E-state index is -4.40. The number of hydrogen-bond acceptors (Lipinski definition) is 1. The standard InChI is InChI=1S/C7H11F3INO/c8-7(9,10)5-6(13)12-4-2-1-3-11/h1-5H2,(H,12,13). The minimum Gasteiger partial charge on any atom is -0.356 e. The zero-order valence-corrected chi connectivity index (χ0v) is 9.11. The molecule has 0 bridgehead atoms. The SMILES string of the molecule is O=C(CC(F)(F)F)NCCCCI. The molecule has 0 radical (unpaired) electrons. The minimum absolute atomic E-state index is 0.331. The van der Waals surface area contributed by atoms with E-state index in [4.69, 9.17) is 0 Å². The topological polar surface area (TPSA) is 29.1 Å². The Morgan fingerprint density at radius 2 is 1.92 bits per heavy atom. The summed E-state index contributed by atoms with van der Waals surface area (Å²) in [6, 6.07) is 0. The molecule has 0 aliphatic rings.